The predicted molar refractivity (Wildman–Crippen MR) is 50.8 cm³/mol. The van der Waals surface area contributed by atoms with Gasteiger partial charge in [0.1, 0.15) is 11.5 Å². The second kappa shape index (κ2) is 4.28. The third-order valence-electron chi connectivity index (χ3n) is 1.35. The van der Waals surface area contributed by atoms with Crippen LogP contribution in [0.1, 0.15) is 0 Å². The molecule has 0 unspecified atom stereocenters. The Morgan fingerprint density at radius 1 is 1.25 bits per heavy atom. The van der Waals surface area contributed by atoms with Gasteiger partial charge >= 0.3 is 0 Å². The Morgan fingerprint density at radius 3 is 2.50 bits per heavy atom. The summed E-state index contributed by atoms with van der Waals surface area (Å²) in [5.41, 5.74) is 1.17. The maximum Gasteiger partial charge on any atom is 0.147 e. The average Bonchev–Trinajstić information content (AvgIpc) is 2.16. The van der Waals surface area contributed by atoms with Crippen molar-refractivity contribution < 1.29 is 4.74 Å². The van der Waals surface area contributed by atoms with Gasteiger partial charge in [-0.2, -0.15) is 9.02 Å². The molecule has 0 N–H and O–H groups in total. The molecule has 0 fully saturated rings. The van der Waals surface area contributed by atoms with Gasteiger partial charge in [0, 0.05) is 29.6 Å². The first kappa shape index (κ1) is 9.29. The number of hydrogen-bond acceptors (Lipinski definition) is 3. The van der Waals surface area contributed by atoms with E-state index in [-0.39, 0.29) is 0 Å². The zero-order valence-corrected chi connectivity index (χ0v) is 7.80. The molecular formula is C7H6Cl2N2O. The summed E-state index contributed by atoms with van der Waals surface area (Å²) in [5, 5.41) is 0. The Labute approximate surface area is 80.3 Å². The van der Waals surface area contributed by atoms with E-state index < -0.39 is 0 Å². The molecule has 1 aliphatic rings. The van der Waals surface area contributed by atoms with Crippen LogP contribution in [0.4, 0.5) is 0 Å². The van der Waals surface area contributed by atoms with Gasteiger partial charge in [-0.15, -0.1) is 0 Å². The van der Waals surface area contributed by atoms with Gasteiger partial charge in [-0.3, -0.25) is 0 Å². The van der Waals surface area contributed by atoms with E-state index in [1.54, 1.807) is 18.2 Å². The van der Waals surface area contributed by atoms with E-state index in [0.717, 1.165) is 0 Å². The number of rotatable bonds is 1. The molecule has 0 amide bonds. The van der Waals surface area contributed by atoms with Gasteiger partial charge in [-0.25, -0.2) is 0 Å². The van der Waals surface area contributed by atoms with Gasteiger partial charge in [-0.05, 0) is 12.2 Å². The normalized spacial score (nSPS) is 23.1. The van der Waals surface area contributed by atoms with Crippen LogP contribution in [-0.2, 0) is 4.74 Å². The van der Waals surface area contributed by atoms with Crippen LogP contribution in [0.2, 0.25) is 0 Å². The van der Waals surface area contributed by atoms with Crippen molar-refractivity contribution in [2.45, 2.75) is 0 Å². The molecule has 64 valence electrons. The van der Waals surface area contributed by atoms with Crippen molar-refractivity contribution in [2.24, 2.45) is 9.02 Å². The Morgan fingerprint density at radius 2 is 2.00 bits per heavy atom. The summed E-state index contributed by atoms with van der Waals surface area (Å²) in [5.74, 6) is 0.548. The standard InChI is InChI=1S/C7H6Cl2N2O/c1-12-7-4-5(10-8)2-3-6(7)11-9/h2-4H,1H3/b10-5+,11-6+. The van der Waals surface area contributed by atoms with E-state index in [9.17, 15) is 0 Å². The molecule has 12 heavy (non-hydrogen) atoms. The summed E-state index contributed by atoms with van der Waals surface area (Å²) >= 11 is 10.5. The lowest BCUT2D eigenvalue weighted by atomic mass is 10.1. The Balaban J connectivity index is 2.99. The number of halogens is 2. The molecule has 0 spiro atoms. The van der Waals surface area contributed by atoms with Crippen LogP contribution in [0, 0.1) is 0 Å². The Kier molecular flexibility index (Phi) is 3.31. The number of hydrogen-bond donors (Lipinski definition) is 0. The molecule has 0 aromatic rings. The molecule has 0 aliphatic heterocycles. The van der Waals surface area contributed by atoms with Crippen LogP contribution in [-0.4, -0.2) is 18.5 Å². The monoisotopic (exact) mass is 204 g/mol. The second-order valence-corrected chi connectivity index (χ2v) is 2.36. The zero-order valence-electron chi connectivity index (χ0n) is 6.29. The molecule has 0 bridgehead atoms. The van der Waals surface area contributed by atoms with Crippen LogP contribution in [0.3, 0.4) is 0 Å². The number of methoxy groups -OCH3 is 1. The maximum absolute atomic E-state index is 5.29. The van der Waals surface area contributed by atoms with Crippen molar-refractivity contribution in [3.8, 4) is 0 Å². The lowest BCUT2D eigenvalue weighted by Gasteiger charge is -2.08. The fourth-order valence-corrected chi connectivity index (χ4v) is 1.03. The summed E-state index contributed by atoms with van der Waals surface area (Å²) in [6, 6.07) is 0. The van der Waals surface area contributed by atoms with Crippen molar-refractivity contribution in [1.82, 2.24) is 0 Å². The first-order valence-electron chi connectivity index (χ1n) is 3.14. The molecule has 0 aromatic carbocycles. The minimum atomic E-state index is 0.548. The average molecular weight is 205 g/mol. The van der Waals surface area contributed by atoms with E-state index in [2.05, 4.69) is 9.02 Å². The zero-order chi connectivity index (χ0) is 8.97. The lowest BCUT2D eigenvalue weighted by Crippen LogP contribution is -2.08. The minimum Gasteiger partial charge on any atom is -0.494 e. The van der Waals surface area contributed by atoms with Gasteiger partial charge in [-0.1, -0.05) is 0 Å². The second-order valence-electron chi connectivity index (χ2n) is 2.03. The third-order valence-corrected chi connectivity index (χ3v) is 1.73. The lowest BCUT2D eigenvalue weighted by molar-refractivity contribution is 0.316. The predicted octanol–water partition coefficient (Wildman–Crippen LogP) is 2.28. The molecule has 1 aliphatic carbocycles. The fourth-order valence-electron chi connectivity index (χ4n) is 0.789. The third kappa shape index (κ3) is 1.87. The smallest absolute Gasteiger partial charge is 0.147 e. The first-order valence-corrected chi connectivity index (χ1v) is 3.81. The molecule has 0 radical (unpaired) electrons. The van der Waals surface area contributed by atoms with Gasteiger partial charge < -0.3 is 4.74 Å². The Hall–Kier alpha value is -0.800. The van der Waals surface area contributed by atoms with Crippen molar-refractivity contribution in [3.05, 3.63) is 24.0 Å². The highest BCUT2D eigenvalue weighted by molar-refractivity contribution is 6.31. The molecule has 0 saturated heterocycles. The fraction of sp³-hybridized carbons (Fsp3) is 0.143. The molecule has 1 rings (SSSR count). The number of nitrogens with zero attached hydrogens (tertiary/aromatic N) is 2. The molecule has 0 aromatic heterocycles. The largest absolute Gasteiger partial charge is 0.494 e. The van der Waals surface area contributed by atoms with Crippen molar-refractivity contribution in [3.63, 3.8) is 0 Å². The summed E-state index contributed by atoms with van der Waals surface area (Å²) in [4.78, 5) is 0. The van der Waals surface area contributed by atoms with Gasteiger partial charge in [0.05, 0.1) is 12.8 Å². The summed E-state index contributed by atoms with van der Waals surface area (Å²) in [7, 11) is 1.53. The van der Waals surface area contributed by atoms with Crippen LogP contribution in [0.15, 0.2) is 33.0 Å². The summed E-state index contributed by atoms with van der Waals surface area (Å²) in [6.45, 7) is 0. The highest BCUT2D eigenvalue weighted by atomic mass is 35.5. The highest BCUT2D eigenvalue weighted by Crippen LogP contribution is 2.09. The van der Waals surface area contributed by atoms with E-state index in [4.69, 9.17) is 28.3 Å². The van der Waals surface area contributed by atoms with Crippen LogP contribution in [0.25, 0.3) is 0 Å². The van der Waals surface area contributed by atoms with Crippen molar-refractivity contribution in [2.75, 3.05) is 7.11 Å². The van der Waals surface area contributed by atoms with Crippen molar-refractivity contribution >= 4 is 35.0 Å². The van der Waals surface area contributed by atoms with E-state index in [1.165, 1.54) is 7.11 Å². The van der Waals surface area contributed by atoms with E-state index in [1.807, 2.05) is 0 Å². The summed E-state index contributed by atoms with van der Waals surface area (Å²) < 4.78 is 11.9. The van der Waals surface area contributed by atoms with Crippen LogP contribution in [0.5, 0.6) is 0 Å². The van der Waals surface area contributed by atoms with E-state index in [0.29, 0.717) is 17.2 Å². The Bertz CT molecular complexity index is 292. The first-order chi connectivity index (χ1) is 5.81. The molecule has 0 saturated carbocycles. The quantitative estimate of drug-likeness (QED) is 0.604. The van der Waals surface area contributed by atoms with Gasteiger partial charge in [0.25, 0.3) is 0 Å². The SMILES string of the molecule is COC1=CC(=N/Cl)/C=CC/1=N\Cl. The van der Waals surface area contributed by atoms with Gasteiger partial charge in [0.15, 0.2) is 0 Å². The summed E-state index contributed by atoms with van der Waals surface area (Å²) in [6.07, 6.45) is 5.01. The molecule has 0 atom stereocenters. The van der Waals surface area contributed by atoms with Crippen LogP contribution < -0.4 is 0 Å². The van der Waals surface area contributed by atoms with E-state index >= 15 is 0 Å². The minimum absolute atomic E-state index is 0.548. The number of allylic oxidation sites excluding steroid dienone is 3. The number of ether oxygens (including phenoxy) is 1. The molecule has 0 heterocycles. The van der Waals surface area contributed by atoms with Crippen LogP contribution >= 0.6 is 23.6 Å². The van der Waals surface area contributed by atoms with Crippen molar-refractivity contribution in [1.29, 1.82) is 0 Å². The molecule has 5 heteroatoms. The topological polar surface area (TPSA) is 34.0 Å². The molecule has 3 nitrogen and oxygen atoms in total. The van der Waals surface area contributed by atoms with Gasteiger partial charge in [0.2, 0.25) is 0 Å². The highest BCUT2D eigenvalue weighted by Gasteiger charge is 2.09. The molecular weight excluding hydrogens is 199 g/mol. The maximum atomic E-state index is 5.29.